The first-order chi connectivity index (χ1) is 15.7. The molecule has 0 spiro atoms. The molecule has 0 N–H and O–H groups in total. The number of piperidine rings is 1. The van der Waals surface area contributed by atoms with Crippen molar-refractivity contribution in [3.8, 4) is 0 Å². The molecule has 2 aromatic carbocycles. The van der Waals surface area contributed by atoms with E-state index in [0.717, 1.165) is 57.7 Å². The van der Waals surface area contributed by atoms with Gasteiger partial charge < -0.3 is 14.5 Å². The molecule has 1 amide bonds. The number of ether oxygens (including phenoxy) is 1. The van der Waals surface area contributed by atoms with E-state index in [1.807, 2.05) is 35.2 Å². The summed E-state index contributed by atoms with van der Waals surface area (Å²) in [5.74, 6) is 0.541. The van der Waals surface area contributed by atoms with E-state index < -0.39 is 0 Å². The molecule has 170 valence electrons. The molecule has 2 bridgehead atoms. The summed E-state index contributed by atoms with van der Waals surface area (Å²) < 4.78 is 18.1. The number of anilines is 1. The van der Waals surface area contributed by atoms with E-state index in [1.165, 1.54) is 16.8 Å². The Morgan fingerprint density at radius 2 is 1.81 bits per heavy atom. The van der Waals surface area contributed by atoms with Crippen LogP contribution in [0.25, 0.3) is 0 Å². The molecule has 3 aliphatic rings. The number of rotatable bonds is 6. The maximum Gasteiger partial charge on any atom is 0.410 e. The maximum atomic E-state index is 12.9. The van der Waals surface area contributed by atoms with Gasteiger partial charge in [0.15, 0.2) is 0 Å². The summed E-state index contributed by atoms with van der Waals surface area (Å²) in [6.07, 6.45) is 2.40. The highest BCUT2D eigenvalue weighted by molar-refractivity contribution is 5.70. The van der Waals surface area contributed by atoms with Crippen LogP contribution in [0, 0.1) is 0 Å². The minimum Gasteiger partial charge on any atom is -0.445 e. The number of nitrogens with zero attached hydrogens (tertiary/aromatic N) is 3. The lowest BCUT2D eigenvalue weighted by Crippen LogP contribution is -2.46. The van der Waals surface area contributed by atoms with Gasteiger partial charge in [-0.15, -0.1) is 0 Å². The number of hydrogen-bond acceptors (Lipinski definition) is 4. The minimum atomic E-state index is -0.238. The topological polar surface area (TPSA) is 36.0 Å². The number of alkyl halides is 1. The zero-order valence-corrected chi connectivity index (χ0v) is 18.6. The van der Waals surface area contributed by atoms with Gasteiger partial charge in [-0.3, -0.25) is 9.29 Å². The molecule has 0 aromatic heterocycles. The van der Waals surface area contributed by atoms with E-state index in [2.05, 4.69) is 28.0 Å². The van der Waals surface area contributed by atoms with Crippen LogP contribution in [-0.2, 0) is 11.3 Å². The number of amides is 1. The van der Waals surface area contributed by atoms with Crippen molar-refractivity contribution in [3.05, 3.63) is 65.2 Å². The Morgan fingerprint density at radius 1 is 1.00 bits per heavy atom. The largest absolute Gasteiger partial charge is 0.445 e. The lowest BCUT2D eigenvalue weighted by atomic mass is 9.96. The standard InChI is InChI=1S/C26H32FN3O2/c27-10-4-11-28-13-15-29(16-14-28)22-7-8-23-21-9-12-30(25(17-21)24(23)18-22)26(31)32-19-20-5-2-1-3-6-20/h1-3,5-8,18,21,25H,4,9-17,19H2/t21-,25+/m0/s1. The fourth-order valence-corrected chi connectivity index (χ4v) is 5.50. The van der Waals surface area contributed by atoms with Crippen LogP contribution in [-0.4, -0.2) is 61.8 Å². The Balaban J connectivity index is 1.26. The molecule has 5 rings (SSSR count). The van der Waals surface area contributed by atoms with Crippen molar-refractivity contribution < 1.29 is 13.9 Å². The lowest BCUT2D eigenvalue weighted by Gasteiger charge is -2.36. The summed E-state index contributed by atoms with van der Waals surface area (Å²) in [7, 11) is 0. The fourth-order valence-electron chi connectivity index (χ4n) is 5.50. The van der Waals surface area contributed by atoms with Gasteiger partial charge in [0.2, 0.25) is 0 Å². The van der Waals surface area contributed by atoms with Crippen molar-refractivity contribution in [1.82, 2.24) is 9.80 Å². The van der Waals surface area contributed by atoms with Gasteiger partial charge in [-0.05, 0) is 54.0 Å². The normalized spacial score (nSPS) is 22.7. The number of carbonyl (C=O) groups excluding carboxylic acids is 1. The van der Waals surface area contributed by atoms with Crippen molar-refractivity contribution in [2.24, 2.45) is 0 Å². The molecule has 2 saturated heterocycles. The Kier molecular flexibility index (Phi) is 6.30. The van der Waals surface area contributed by atoms with E-state index in [4.69, 9.17) is 4.74 Å². The second kappa shape index (κ2) is 9.49. The smallest absolute Gasteiger partial charge is 0.410 e. The first-order valence-electron chi connectivity index (χ1n) is 11.9. The highest BCUT2D eigenvalue weighted by atomic mass is 19.1. The van der Waals surface area contributed by atoms with Gasteiger partial charge in [0, 0.05) is 45.0 Å². The SMILES string of the molecule is O=C(OCc1ccccc1)N1CC[C@H]2C[C@@H]1c1cc(N3CCN(CCCF)CC3)ccc12. The van der Waals surface area contributed by atoms with Crippen molar-refractivity contribution in [3.63, 3.8) is 0 Å². The zero-order valence-electron chi connectivity index (χ0n) is 18.6. The average Bonchev–Trinajstić information content (AvgIpc) is 3.13. The molecule has 1 aliphatic carbocycles. The van der Waals surface area contributed by atoms with Crippen LogP contribution in [0.4, 0.5) is 14.9 Å². The molecular weight excluding hydrogens is 405 g/mol. The van der Waals surface area contributed by atoms with Crippen LogP contribution >= 0.6 is 0 Å². The second-order valence-corrected chi connectivity index (χ2v) is 9.16. The predicted molar refractivity (Wildman–Crippen MR) is 124 cm³/mol. The Labute approximate surface area is 189 Å². The molecule has 2 aliphatic heterocycles. The van der Waals surface area contributed by atoms with Gasteiger partial charge in [0.25, 0.3) is 0 Å². The number of likely N-dealkylation sites (tertiary alicyclic amines) is 1. The van der Waals surface area contributed by atoms with Crippen molar-refractivity contribution in [1.29, 1.82) is 0 Å². The number of halogens is 1. The van der Waals surface area contributed by atoms with Crippen molar-refractivity contribution >= 4 is 11.8 Å². The lowest BCUT2D eigenvalue weighted by molar-refractivity contribution is 0.0694. The maximum absolute atomic E-state index is 12.9. The van der Waals surface area contributed by atoms with Crippen molar-refractivity contribution in [2.45, 2.75) is 37.8 Å². The number of carbonyl (C=O) groups is 1. The molecular formula is C26H32FN3O2. The monoisotopic (exact) mass is 437 g/mol. The predicted octanol–water partition coefficient (Wildman–Crippen LogP) is 4.74. The van der Waals surface area contributed by atoms with Gasteiger partial charge in [-0.25, -0.2) is 4.79 Å². The molecule has 2 atom stereocenters. The molecule has 32 heavy (non-hydrogen) atoms. The number of hydrogen-bond donors (Lipinski definition) is 0. The highest BCUT2D eigenvalue weighted by Gasteiger charge is 2.41. The van der Waals surface area contributed by atoms with Gasteiger partial charge in [-0.1, -0.05) is 36.4 Å². The van der Waals surface area contributed by atoms with E-state index in [0.29, 0.717) is 18.9 Å². The van der Waals surface area contributed by atoms with Gasteiger partial charge in [0.05, 0.1) is 12.7 Å². The third-order valence-corrected chi connectivity index (χ3v) is 7.26. The number of benzene rings is 2. The van der Waals surface area contributed by atoms with E-state index in [1.54, 1.807) is 0 Å². The third-order valence-electron chi connectivity index (χ3n) is 7.26. The summed E-state index contributed by atoms with van der Waals surface area (Å²) in [6, 6.07) is 16.8. The summed E-state index contributed by atoms with van der Waals surface area (Å²) in [6.45, 7) is 5.54. The van der Waals surface area contributed by atoms with E-state index in [9.17, 15) is 9.18 Å². The Hall–Kier alpha value is -2.60. The Bertz CT molecular complexity index is 930. The minimum absolute atomic E-state index is 0.109. The average molecular weight is 438 g/mol. The van der Waals surface area contributed by atoms with E-state index in [-0.39, 0.29) is 18.8 Å². The molecule has 0 unspecified atom stereocenters. The molecule has 0 saturated carbocycles. The van der Waals surface area contributed by atoms with Gasteiger partial charge in [0.1, 0.15) is 6.61 Å². The summed E-state index contributed by atoms with van der Waals surface area (Å²) in [5.41, 5.74) is 4.94. The van der Waals surface area contributed by atoms with Crippen LogP contribution in [0.5, 0.6) is 0 Å². The quantitative estimate of drug-likeness (QED) is 0.654. The fraction of sp³-hybridized carbons (Fsp3) is 0.500. The Morgan fingerprint density at radius 3 is 2.59 bits per heavy atom. The first kappa shape index (κ1) is 21.3. The van der Waals surface area contributed by atoms with Crippen LogP contribution < -0.4 is 4.90 Å². The van der Waals surface area contributed by atoms with Crippen LogP contribution in [0.1, 0.15) is 47.9 Å². The molecule has 6 heteroatoms. The van der Waals surface area contributed by atoms with Crippen LogP contribution in [0.3, 0.4) is 0 Å². The number of piperazine rings is 1. The van der Waals surface area contributed by atoms with Gasteiger partial charge >= 0.3 is 6.09 Å². The molecule has 2 aromatic rings. The van der Waals surface area contributed by atoms with E-state index >= 15 is 0 Å². The first-order valence-corrected chi connectivity index (χ1v) is 11.9. The zero-order chi connectivity index (χ0) is 21.9. The molecule has 0 radical (unpaired) electrons. The molecule has 2 heterocycles. The van der Waals surface area contributed by atoms with Crippen LogP contribution in [0.15, 0.2) is 48.5 Å². The summed E-state index contributed by atoms with van der Waals surface area (Å²) in [5, 5.41) is 0. The molecule has 2 fully saturated rings. The van der Waals surface area contributed by atoms with Crippen molar-refractivity contribution in [2.75, 3.05) is 50.8 Å². The summed E-state index contributed by atoms with van der Waals surface area (Å²) >= 11 is 0. The summed E-state index contributed by atoms with van der Waals surface area (Å²) in [4.78, 5) is 19.6. The number of fused-ring (bicyclic) bond motifs is 5. The van der Waals surface area contributed by atoms with Crippen LogP contribution in [0.2, 0.25) is 0 Å². The highest BCUT2D eigenvalue weighted by Crippen LogP contribution is 2.50. The van der Waals surface area contributed by atoms with Gasteiger partial charge in [-0.2, -0.15) is 0 Å². The third kappa shape index (κ3) is 4.33. The molecule has 5 nitrogen and oxygen atoms in total. The second-order valence-electron chi connectivity index (χ2n) is 9.16.